The molecular weight excluding hydrogens is 260 g/mol. The summed E-state index contributed by atoms with van der Waals surface area (Å²) in [6, 6.07) is 0. The van der Waals surface area contributed by atoms with Crippen molar-refractivity contribution < 1.29 is 8.42 Å². The molecule has 94 valence electrons. The zero-order chi connectivity index (χ0) is 12.3. The maximum Gasteiger partial charge on any atom is 0.246 e. The number of hydrogen-bond donors (Lipinski definition) is 1. The van der Waals surface area contributed by atoms with Gasteiger partial charge < -0.3 is 5.32 Å². The van der Waals surface area contributed by atoms with Gasteiger partial charge in [0, 0.05) is 31.6 Å². The molecule has 0 saturated carbocycles. The van der Waals surface area contributed by atoms with E-state index in [0.29, 0.717) is 19.0 Å². The van der Waals surface area contributed by atoms with Gasteiger partial charge in [-0.25, -0.2) is 18.4 Å². The molecule has 1 aliphatic rings. The van der Waals surface area contributed by atoms with E-state index < -0.39 is 10.0 Å². The lowest BCUT2D eigenvalue weighted by Gasteiger charge is -2.25. The van der Waals surface area contributed by atoms with Crippen LogP contribution in [0, 0.1) is 0 Å². The Morgan fingerprint density at radius 1 is 1.29 bits per heavy atom. The molecule has 2 heterocycles. The fourth-order valence-corrected chi connectivity index (χ4v) is 3.98. The van der Waals surface area contributed by atoms with E-state index in [9.17, 15) is 8.42 Å². The number of anilines is 1. The first-order valence-electron chi connectivity index (χ1n) is 5.22. The Hall–Kier alpha value is -0.860. The summed E-state index contributed by atoms with van der Waals surface area (Å²) in [5, 5.41) is 2.75. The van der Waals surface area contributed by atoms with Crippen LogP contribution in [0.3, 0.4) is 0 Å². The number of nitrogens with one attached hydrogen (secondary N) is 1. The molecule has 2 rings (SSSR count). The highest BCUT2D eigenvalue weighted by Crippen LogP contribution is 2.19. The molecule has 0 radical (unpaired) electrons. The van der Waals surface area contributed by atoms with Crippen molar-refractivity contribution in [1.29, 1.82) is 0 Å². The predicted octanol–water partition coefficient (Wildman–Crippen LogP) is 0.256. The van der Waals surface area contributed by atoms with Gasteiger partial charge in [0.15, 0.2) is 0 Å². The van der Waals surface area contributed by atoms with E-state index in [-0.39, 0.29) is 4.90 Å². The standard InChI is InChI=1S/C9H14N4O2S2/c1-10-9-11-6-8(7-12-9)17(14,15)13-2-4-16-5-3-13/h6-7H,2-5H2,1H3,(H,10,11,12). The molecule has 0 spiro atoms. The fraction of sp³-hybridized carbons (Fsp3) is 0.556. The molecule has 1 aromatic heterocycles. The second-order valence-electron chi connectivity index (χ2n) is 3.51. The Labute approximate surface area is 105 Å². The number of aromatic nitrogens is 2. The Morgan fingerprint density at radius 2 is 1.88 bits per heavy atom. The van der Waals surface area contributed by atoms with E-state index in [1.807, 2.05) is 0 Å². The maximum atomic E-state index is 12.2. The molecule has 6 nitrogen and oxygen atoms in total. The van der Waals surface area contributed by atoms with Crippen LogP contribution in [0.5, 0.6) is 0 Å². The van der Waals surface area contributed by atoms with Gasteiger partial charge in [0.05, 0.1) is 12.4 Å². The third-order valence-electron chi connectivity index (χ3n) is 2.46. The Morgan fingerprint density at radius 3 is 2.41 bits per heavy atom. The van der Waals surface area contributed by atoms with Crippen molar-refractivity contribution in [3.05, 3.63) is 12.4 Å². The van der Waals surface area contributed by atoms with Crippen molar-refractivity contribution in [2.24, 2.45) is 0 Å². The van der Waals surface area contributed by atoms with Crippen molar-refractivity contribution in [3.8, 4) is 0 Å². The van der Waals surface area contributed by atoms with Crippen LogP contribution in [0.15, 0.2) is 17.3 Å². The van der Waals surface area contributed by atoms with Crippen LogP contribution < -0.4 is 5.32 Å². The minimum Gasteiger partial charge on any atom is -0.357 e. The minimum absolute atomic E-state index is 0.156. The van der Waals surface area contributed by atoms with Gasteiger partial charge >= 0.3 is 0 Å². The van der Waals surface area contributed by atoms with Crippen molar-refractivity contribution >= 4 is 27.7 Å². The number of sulfonamides is 1. The van der Waals surface area contributed by atoms with Crippen LogP contribution in [0.1, 0.15) is 0 Å². The lowest BCUT2D eigenvalue weighted by atomic mass is 10.6. The SMILES string of the molecule is CNc1ncc(S(=O)(=O)N2CCSCC2)cn1. The van der Waals surface area contributed by atoms with E-state index in [1.165, 1.54) is 16.7 Å². The van der Waals surface area contributed by atoms with Crippen molar-refractivity contribution in [2.75, 3.05) is 37.0 Å². The summed E-state index contributed by atoms with van der Waals surface area (Å²) in [6.07, 6.45) is 2.69. The van der Waals surface area contributed by atoms with E-state index in [1.54, 1.807) is 18.8 Å². The molecular formula is C9H14N4O2S2. The molecule has 0 aliphatic carbocycles. The smallest absolute Gasteiger partial charge is 0.246 e. The van der Waals surface area contributed by atoms with E-state index >= 15 is 0 Å². The first-order chi connectivity index (χ1) is 8.14. The number of nitrogens with zero attached hydrogens (tertiary/aromatic N) is 3. The summed E-state index contributed by atoms with van der Waals surface area (Å²) in [5.74, 6) is 2.10. The number of hydrogen-bond acceptors (Lipinski definition) is 6. The largest absolute Gasteiger partial charge is 0.357 e. The second kappa shape index (κ2) is 5.19. The third kappa shape index (κ3) is 2.70. The highest BCUT2D eigenvalue weighted by Gasteiger charge is 2.26. The van der Waals surface area contributed by atoms with Crippen molar-refractivity contribution in [1.82, 2.24) is 14.3 Å². The Kier molecular flexibility index (Phi) is 3.85. The average Bonchev–Trinajstić information content (AvgIpc) is 2.40. The molecule has 1 fully saturated rings. The van der Waals surface area contributed by atoms with E-state index in [2.05, 4.69) is 15.3 Å². The first-order valence-corrected chi connectivity index (χ1v) is 7.82. The van der Waals surface area contributed by atoms with Gasteiger partial charge in [0.1, 0.15) is 4.90 Å². The normalized spacial score (nSPS) is 17.9. The quantitative estimate of drug-likeness (QED) is 0.852. The summed E-state index contributed by atoms with van der Waals surface area (Å²) >= 11 is 1.77. The molecule has 0 aromatic carbocycles. The summed E-state index contributed by atoms with van der Waals surface area (Å²) in [7, 11) is -1.73. The van der Waals surface area contributed by atoms with Crippen molar-refractivity contribution in [2.45, 2.75) is 4.90 Å². The molecule has 1 aliphatic heterocycles. The van der Waals surface area contributed by atoms with Crippen LogP contribution in [0.25, 0.3) is 0 Å². The molecule has 1 N–H and O–H groups in total. The van der Waals surface area contributed by atoms with E-state index in [4.69, 9.17) is 0 Å². The van der Waals surface area contributed by atoms with Crippen LogP contribution in [0.2, 0.25) is 0 Å². The van der Waals surface area contributed by atoms with Gasteiger partial charge in [-0.15, -0.1) is 0 Å². The van der Waals surface area contributed by atoms with Crippen LogP contribution in [0.4, 0.5) is 5.95 Å². The average molecular weight is 274 g/mol. The maximum absolute atomic E-state index is 12.2. The van der Waals surface area contributed by atoms with Crippen LogP contribution in [-0.2, 0) is 10.0 Å². The summed E-state index contributed by atoms with van der Waals surface area (Å²) < 4.78 is 25.9. The highest BCUT2D eigenvalue weighted by molar-refractivity contribution is 7.99. The Balaban J connectivity index is 2.23. The van der Waals surface area contributed by atoms with Gasteiger partial charge in [0.25, 0.3) is 0 Å². The lowest BCUT2D eigenvalue weighted by Crippen LogP contribution is -2.37. The van der Waals surface area contributed by atoms with Gasteiger partial charge in [-0.1, -0.05) is 0 Å². The van der Waals surface area contributed by atoms with Gasteiger partial charge in [-0.2, -0.15) is 16.1 Å². The van der Waals surface area contributed by atoms with E-state index in [0.717, 1.165) is 11.5 Å². The molecule has 0 amide bonds. The molecule has 1 saturated heterocycles. The summed E-state index contributed by atoms with van der Waals surface area (Å²) in [6.45, 7) is 1.11. The third-order valence-corrected chi connectivity index (χ3v) is 5.25. The Bertz CT molecular complexity index is 468. The van der Waals surface area contributed by atoms with Crippen LogP contribution >= 0.6 is 11.8 Å². The predicted molar refractivity (Wildman–Crippen MR) is 67.7 cm³/mol. The van der Waals surface area contributed by atoms with Gasteiger partial charge in [0.2, 0.25) is 16.0 Å². The first kappa shape index (κ1) is 12.6. The fourth-order valence-electron chi connectivity index (χ4n) is 1.51. The molecule has 8 heteroatoms. The minimum atomic E-state index is -3.42. The van der Waals surface area contributed by atoms with Crippen LogP contribution in [-0.4, -0.2) is 54.3 Å². The molecule has 0 atom stereocenters. The molecule has 1 aromatic rings. The molecule has 17 heavy (non-hydrogen) atoms. The zero-order valence-electron chi connectivity index (χ0n) is 9.46. The topological polar surface area (TPSA) is 75.2 Å². The number of rotatable bonds is 3. The second-order valence-corrected chi connectivity index (χ2v) is 6.67. The monoisotopic (exact) mass is 274 g/mol. The van der Waals surface area contributed by atoms with Gasteiger partial charge in [-0.3, -0.25) is 0 Å². The van der Waals surface area contributed by atoms with Gasteiger partial charge in [-0.05, 0) is 0 Å². The molecule has 0 unspecified atom stereocenters. The summed E-state index contributed by atoms with van der Waals surface area (Å²) in [4.78, 5) is 8.01. The molecule has 0 bridgehead atoms. The number of thioether (sulfide) groups is 1. The lowest BCUT2D eigenvalue weighted by molar-refractivity contribution is 0.443. The zero-order valence-corrected chi connectivity index (χ0v) is 11.1. The highest BCUT2D eigenvalue weighted by atomic mass is 32.2. The summed E-state index contributed by atoms with van der Waals surface area (Å²) in [5.41, 5.74) is 0. The van der Waals surface area contributed by atoms with Crippen molar-refractivity contribution in [3.63, 3.8) is 0 Å².